The van der Waals surface area contributed by atoms with Gasteiger partial charge >= 0.3 is 5.97 Å². The molecule has 0 amide bonds. The first kappa shape index (κ1) is 13.6. The predicted molar refractivity (Wildman–Crippen MR) is 77.3 cm³/mol. The first-order valence-electron chi connectivity index (χ1n) is 7.44. The Hall–Kier alpha value is -1.39. The fraction of sp³-hybridized carbons (Fsp3) is 0.562. The van der Waals surface area contributed by atoms with Gasteiger partial charge in [0.05, 0.1) is 13.2 Å². The SMILES string of the molecule is CCOC(=O)CN1CC2CC1CN2Cc1ccccc1. The van der Waals surface area contributed by atoms with E-state index in [-0.39, 0.29) is 5.97 Å². The average molecular weight is 274 g/mol. The van der Waals surface area contributed by atoms with E-state index >= 15 is 0 Å². The summed E-state index contributed by atoms with van der Waals surface area (Å²) in [6.45, 7) is 5.87. The van der Waals surface area contributed by atoms with E-state index in [1.54, 1.807) is 0 Å². The van der Waals surface area contributed by atoms with Gasteiger partial charge in [-0.15, -0.1) is 0 Å². The average Bonchev–Trinajstić information content (AvgIpc) is 3.00. The molecule has 1 aromatic rings. The Kier molecular flexibility index (Phi) is 4.03. The fourth-order valence-electron chi connectivity index (χ4n) is 3.41. The minimum atomic E-state index is -0.0883. The van der Waals surface area contributed by atoms with Crippen LogP contribution in [0.1, 0.15) is 18.9 Å². The maximum atomic E-state index is 11.6. The Labute approximate surface area is 120 Å². The summed E-state index contributed by atoms with van der Waals surface area (Å²) >= 11 is 0. The van der Waals surface area contributed by atoms with Crippen LogP contribution in [0.4, 0.5) is 0 Å². The van der Waals surface area contributed by atoms with E-state index in [1.165, 1.54) is 12.0 Å². The highest BCUT2D eigenvalue weighted by atomic mass is 16.5. The molecule has 108 valence electrons. The molecule has 2 aliphatic rings. The maximum Gasteiger partial charge on any atom is 0.320 e. The minimum absolute atomic E-state index is 0.0883. The zero-order valence-corrected chi connectivity index (χ0v) is 12.0. The lowest BCUT2D eigenvalue weighted by Crippen LogP contribution is -2.47. The van der Waals surface area contributed by atoms with Crippen LogP contribution in [0.25, 0.3) is 0 Å². The highest BCUT2D eigenvalue weighted by Crippen LogP contribution is 2.31. The molecular weight excluding hydrogens is 252 g/mol. The van der Waals surface area contributed by atoms with Crippen LogP contribution in [-0.2, 0) is 16.1 Å². The van der Waals surface area contributed by atoms with Crippen LogP contribution in [0.3, 0.4) is 0 Å². The first-order chi connectivity index (χ1) is 9.76. The summed E-state index contributed by atoms with van der Waals surface area (Å²) in [4.78, 5) is 16.4. The van der Waals surface area contributed by atoms with E-state index in [0.717, 1.165) is 19.6 Å². The fourth-order valence-corrected chi connectivity index (χ4v) is 3.41. The zero-order valence-electron chi connectivity index (χ0n) is 12.0. The van der Waals surface area contributed by atoms with Gasteiger partial charge in [0, 0.05) is 31.7 Å². The van der Waals surface area contributed by atoms with Crippen molar-refractivity contribution in [1.82, 2.24) is 9.80 Å². The Morgan fingerprint density at radius 1 is 1.20 bits per heavy atom. The molecule has 0 aliphatic carbocycles. The third-order valence-electron chi connectivity index (χ3n) is 4.33. The number of benzene rings is 1. The van der Waals surface area contributed by atoms with Crippen molar-refractivity contribution in [1.29, 1.82) is 0 Å². The zero-order chi connectivity index (χ0) is 13.9. The smallest absolute Gasteiger partial charge is 0.320 e. The molecule has 0 saturated carbocycles. The highest BCUT2D eigenvalue weighted by molar-refractivity contribution is 5.71. The van der Waals surface area contributed by atoms with Gasteiger partial charge in [0.25, 0.3) is 0 Å². The molecule has 2 bridgehead atoms. The van der Waals surface area contributed by atoms with Crippen LogP contribution >= 0.6 is 0 Å². The number of ether oxygens (including phenoxy) is 1. The molecule has 4 heteroatoms. The third kappa shape index (κ3) is 2.86. The van der Waals surface area contributed by atoms with Crippen molar-refractivity contribution in [2.75, 3.05) is 26.2 Å². The van der Waals surface area contributed by atoms with Crippen molar-refractivity contribution < 1.29 is 9.53 Å². The highest BCUT2D eigenvalue weighted by Gasteiger charge is 2.43. The third-order valence-corrected chi connectivity index (χ3v) is 4.33. The van der Waals surface area contributed by atoms with Crippen molar-refractivity contribution in [3.8, 4) is 0 Å². The molecule has 3 rings (SSSR count). The van der Waals surface area contributed by atoms with Gasteiger partial charge in [-0.3, -0.25) is 14.6 Å². The Bertz CT molecular complexity index is 463. The Morgan fingerprint density at radius 3 is 2.55 bits per heavy atom. The first-order valence-corrected chi connectivity index (χ1v) is 7.44. The maximum absolute atomic E-state index is 11.6. The number of hydrogen-bond acceptors (Lipinski definition) is 4. The summed E-state index contributed by atoms with van der Waals surface area (Å²) in [6.07, 6.45) is 1.19. The summed E-state index contributed by atoms with van der Waals surface area (Å²) in [6, 6.07) is 11.7. The summed E-state index contributed by atoms with van der Waals surface area (Å²) in [7, 11) is 0. The van der Waals surface area contributed by atoms with Crippen molar-refractivity contribution in [3.63, 3.8) is 0 Å². The lowest BCUT2D eigenvalue weighted by Gasteiger charge is -2.33. The number of carbonyl (C=O) groups excluding carboxylic acids is 1. The normalized spacial score (nSPS) is 26.1. The number of fused-ring (bicyclic) bond motifs is 2. The molecule has 2 aliphatic heterocycles. The van der Waals surface area contributed by atoms with Crippen LogP contribution in [0.15, 0.2) is 30.3 Å². The molecule has 2 saturated heterocycles. The van der Waals surface area contributed by atoms with Gasteiger partial charge in [-0.25, -0.2) is 0 Å². The van der Waals surface area contributed by atoms with Crippen LogP contribution < -0.4 is 0 Å². The quantitative estimate of drug-likeness (QED) is 0.762. The Morgan fingerprint density at radius 2 is 1.90 bits per heavy atom. The number of piperazine rings is 1. The van der Waals surface area contributed by atoms with E-state index in [2.05, 4.69) is 40.1 Å². The molecule has 0 radical (unpaired) electrons. The number of rotatable bonds is 5. The van der Waals surface area contributed by atoms with Crippen molar-refractivity contribution >= 4 is 5.97 Å². The van der Waals surface area contributed by atoms with Gasteiger partial charge in [0.1, 0.15) is 0 Å². The number of likely N-dealkylation sites (tertiary alicyclic amines) is 2. The van der Waals surface area contributed by atoms with Crippen LogP contribution in [0.2, 0.25) is 0 Å². The van der Waals surface area contributed by atoms with E-state index in [9.17, 15) is 4.79 Å². The lowest BCUT2D eigenvalue weighted by molar-refractivity contribution is -0.145. The van der Waals surface area contributed by atoms with Gasteiger partial charge in [0.15, 0.2) is 0 Å². The van der Waals surface area contributed by atoms with Crippen molar-refractivity contribution in [2.24, 2.45) is 0 Å². The molecule has 2 atom stereocenters. The number of nitrogens with zero attached hydrogens (tertiary/aromatic N) is 2. The van der Waals surface area contributed by atoms with E-state index < -0.39 is 0 Å². The molecule has 2 unspecified atom stereocenters. The molecule has 20 heavy (non-hydrogen) atoms. The summed E-state index contributed by atoms with van der Waals surface area (Å²) in [5, 5.41) is 0. The molecule has 2 heterocycles. The minimum Gasteiger partial charge on any atom is -0.465 e. The molecule has 1 aromatic carbocycles. The molecule has 0 spiro atoms. The van der Waals surface area contributed by atoms with Gasteiger partial charge in [-0.05, 0) is 18.9 Å². The van der Waals surface area contributed by atoms with E-state index in [1.807, 2.05) is 6.92 Å². The van der Waals surface area contributed by atoms with Crippen LogP contribution in [0, 0.1) is 0 Å². The van der Waals surface area contributed by atoms with Crippen molar-refractivity contribution in [2.45, 2.75) is 32.0 Å². The van der Waals surface area contributed by atoms with E-state index in [4.69, 9.17) is 4.74 Å². The number of hydrogen-bond donors (Lipinski definition) is 0. The monoisotopic (exact) mass is 274 g/mol. The standard InChI is InChI=1S/C16H22N2O2/c1-2-20-16(19)12-18-11-14-8-15(18)10-17(14)9-13-6-4-3-5-7-13/h3-7,14-15H,2,8-12H2,1H3. The second kappa shape index (κ2) is 5.94. The molecule has 2 fully saturated rings. The number of esters is 1. The topological polar surface area (TPSA) is 32.8 Å². The van der Waals surface area contributed by atoms with Gasteiger partial charge < -0.3 is 4.74 Å². The second-order valence-electron chi connectivity index (χ2n) is 5.69. The molecule has 0 aromatic heterocycles. The van der Waals surface area contributed by atoms with Crippen LogP contribution in [0.5, 0.6) is 0 Å². The van der Waals surface area contributed by atoms with Gasteiger partial charge in [-0.2, -0.15) is 0 Å². The van der Waals surface area contributed by atoms with Crippen molar-refractivity contribution in [3.05, 3.63) is 35.9 Å². The van der Waals surface area contributed by atoms with Gasteiger partial charge in [-0.1, -0.05) is 30.3 Å². The largest absolute Gasteiger partial charge is 0.465 e. The summed E-state index contributed by atoms with van der Waals surface area (Å²) in [5.41, 5.74) is 1.37. The number of carbonyl (C=O) groups is 1. The molecule has 0 N–H and O–H groups in total. The van der Waals surface area contributed by atoms with Crippen LogP contribution in [-0.4, -0.2) is 54.1 Å². The predicted octanol–water partition coefficient (Wildman–Crippen LogP) is 1.51. The Balaban J connectivity index is 1.52. The van der Waals surface area contributed by atoms with E-state index in [0.29, 0.717) is 25.2 Å². The second-order valence-corrected chi connectivity index (χ2v) is 5.69. The summed E-state index contributed by atoms with van der Waals surface area (Å²) in [5.74, 6) is -0.0883. The molecular formula is C16H22N2O2. The summed E-state index contributed by atoms with van der Waals surface area (Å²) < 4.78 is 5.04. The lowest BCUT2D eigenvalue weighted by atomic mass is 10.2. The molecule has 4 nitrogen and oxygen atoms in total. The van der Waals surface area contributed by atoms with Gasteiger partial charge in [0.2, 0.25) is 0 Å².